The summed E-state index contributed by atoms with van der Waals surface area (Å²) in [5, 5.41) is 44.1. The lowest BCUT2D eigenvalue weighted by molar-refractivity contribution is -0.167. The molecule has 1 aliphatic heterocycles. The summed E-state index contributed by atoms with van der Waals surface area (Å²) in [5.74, 6) is -4.38. The second-order valence-electron chi connectivity index (χ2n) is 23.6. The van der Waals surface area contributed by atoms with E-state index in [0.29, 0.717) is 95.7 Å². The Balaban J connectivity index is 2.73. The molecule has 88 heavy (non-hydrogen) atoms. The second kappa shape index (κ2) is 52.8. The van der Waals surface area contributed by atoms with Crippen molar-refractivity contribution >= 4 is 41.8 Å². The van der Waals surface area contributed by atoms with Crippen LogP contribution in [0, 0.1) is 0 Å². The number of carbonyl (C=O) groups is 7. The molecule has 506 valence electrons. The molecule has 1 saturated heterocycles. The molecule has 0 spiro atoms. The average molecular weight is 1250 g/mol. The van der Waals surface area contributed by atoms with E-state index in [1.165, 1.54) is 38.5 Å². The van der Waals surface area contributed by atoms with Crippen LogP contribution in [0.4, 0.5) is 0 Å². The SMILES string of the molecule is C=CC(=O)OC(CCCCC)C(O)CC(OC(=O)C=C)C(O)CCCCCCCC(=O)OCC(COC(=O)CCCCCCCC(OC(=O)C=C)C(O)CC(OC(=O)C=C)C(O)CCCCC)OC(=O)CCCCCCCC1OC1CCCCCCCC. The van der Waals surface area contributed by atoms with Crippen LogP contribution in [0.25, 0.3) is 0 Å². The number of hydrogen-bond acceptors (Lipinski definition) is 19. The first-order valence-electron chi connectivity index (χ1n) is 33.7. The quantitative estimate of drug-likeness (QED) is 0.0145. The maximum absolute atomic E-state index is 13.1. The van der Waals surface area contributed by atoms with Crippen LogP contribution in [-0.4, -0.2) is 143 Å². The molecule has 0 bridgehead atoms. The van der Waals surface area contributed by atoms with Crippen molar-refractivity contribution in [1.82, 2.24) is 0 Å². The predicted molar refractivity (Wildman–Crippen MR) is 337 cm³/mol. The van der Waals surface area contributed by atoms with E-state index < -0.39 is 96.7 Å². The van der Waals surface area contributed by atoms with E-state index in [2.05, 4.69) is 33.2 Å². The molecule has 1 aliphatic rings. The van der Waals surface area contributed by atoms with Gasteiger partial charge in [0.1, 0.15) is 37.6 Å². The molecule has 4 N–H and O–H groups in total. The molecule has 19 heteroatoms. The van der Waals surface area contributed by atoms with Gasteiger partial charge in [-0.3, -0.25) is 14.4 Å². The van der Waals surface area contributed by atoms with Gasteiger partial charge < -0.3 is 58.3 Å². The van der Waals surface area contributed by atoms with Crippen molar-refractivity contribution in [3.05, 3.63) is 50.6 Å². The Kier molecular flexibility index (Phi) is 48.6. The third kappa shape index (κ3) is 42.1. The molecule has 0 saturated carbocycles. The smallest absolute Gasteiger partial charge is 0.330 e. The molecule has 11 atom stereocenters. The van der Waals surface area contributed by atoms with Crippen molar-refractivity contribution in [3.8, 4) is 0 Å². The van der Waals surface area contributed by atoms with Gasteiger partial charge in [-0.25, -0.2) is 19.2 Å². The Labute approximate surface area is 527 Å². The maximum Gasteiger partial charge on any atom is 0.330 e. The molecular formula is C69H116O19. The Hall–Kier alpha value is -4.95. The summed E-state index contributed by atoms with van der Waals surface area (Å²) < 4.78 is 44.4. The zero-order valence-corrected chi connectivity index (χ0v) is 54.2. The van der Waals surface area contributed by atoms with E-state index in [9.17, 15) is 54.0 Å². The van der Waals surface area contributed by atoms with Crippen LogP contribution in [-0.2, 0) is 71.5 Å². The largest absolute Gasteiger partial charge is 0.462 e. The van der Waals surface area contributed by atoms with E-state index >= 15 is 0 Å². The standard InChI is InChI=1S/C69H116O19/c1-8-15-18-19-24-34-43-59-60(84-59)44-35-26-22-29-38-47-69(80)83-52(50-81-67(78)45-36-27-20-23-32-40-54(71)62(88-66(77)14-7)48-55(72)57(41-31-17-10-3)85-63(74)11-4)51-82-68(79)46-37-28-21-25-33-42-58(86-64(75)12-5)56(73)49-61(87-65(76)13-6)53(70)39-30-16-9-2/h11-14,52-62,70-73H,4-10,15-51H2,1-3H3. The van der Waals surface area contributed by atoms with E-state index in [1.54, 1.807) is 0 Å². The fourth-order valence-electron chi connectivity index (χ4n) is 10.5. The number of rotatable bonds is 60. The lowest BCUT2D eigenvalue weighted by Crippen LogP contribution is -2.39. The van der Waals surface area contributed by atoms with Gasteiger partial charge in [0.2, 0.25) is 0 Å². The van der Waals surface area contributed by atoms with Crippen molar-refractivity contribution in [2.75, 3.05) is 13.2 Å². The van der Waals surface area contributed by atoms with Crippen LogP contribution in [0.15, 0.2) is 50.6 Å². The van der Waals surface area contributed by atoms with E-state index in [0.717, 1.165) is 101 Å². The lowest BCUT2D eigenvalue weighted by Gasteiger charge is -2.29. The zero-order chi connectivity index (χ0) is 65.2. The first-order valence-corrected chi connectivity index (χ1v) is 33.7. The molecular weight excluding hydrogens is 1130 g/mol. The van der Waals surface area contributed by atoms with Crippen LogP contribution in [0.5, 0.6) is 0 Å². The van der Waals surface area contributed by atoms with Crippen LogP contribution >= 0.6 is 0 Å². The molecule has 1 fully saturated rings. The normalized spacial score (nSPS) is 16.6. The number of aliphatic hydroxyl groups excluding tert-OH is 4. The molecule has 1 rings (SSSR count). The molecule has 1 heterocycles. The van der Waals surface area contributed by atoms with Crippen LogP contribution in [0.1, 0.15) is 265 Å². The molecule has 19 nitrogen and oxygen atoms in total. The van der Waals surface area contributed by atoms with Gasteiger partial charge in [-0.05, 0) is 70.6 Å². The summed E-state index contributed by atoms with van der Waals surface area (Å²) in [6.45, 7) is 19.4. The summed E-state index contributed by atoms with van der Waals surface area (Å²) in [4.78, 5) is 87.4. The number of hydrogen-bond donors (Lipinski definition) is 4. The van der Waals surface area contributed by atoms with Gasteiger partial charge in [0, 0.05) is 56.4 Å². The maximum atomic E-state index is 13.1. The summed E-state index contributed by atoms with van der Waals surface area (Å²) in [7, 11) is 0. The van der Waals surface area contributed by atoms with Gasteiger partial charge in [-0.1, -0.05) is 188 Å². The van der Waals surface area contributed by atoms with Crippen molar-refractivity contribution in [1.29, 1.82) is 0 Å². The summed E-state index contributed by atoms with van der Waals surface area (Å²) in [6, 6.07) is 0. The van der Waals surface area contributed by atoms with Crippen molar-refractivity contribution < 1.29 is 91.9 Å². The molecule has 0 aromatic carbocycles. The molecule has 0 aromatic heterocycles. The topological polar surface area (TPSA) is 278 Å². The second-order valence-corrected chi connectivity index (χ2v) is 23.6. The minimum absolute atomic E-state index is 0.0941. The van der Waals surface area contributed by atoms with E-state index in [-0.39, 0.29) is 58.2 Å². The summed E-state index contributed by atoms with van der Waals surface area (Å²) in [5.41, 5.74) is 0. The lowest BCUT2D eigenvalue weighted by atomic mass is 9.96. The highest BCUT2D eigenvalue weighted by Gasteiger charge is 2.37. The first kappa shape index (κ1) is 81.1. The van der Waals surface area contributed by atoms with Gasteiger partial charge in [0.25, 0.3) is 0 Å². The number of esters is 7. The molecule has 11 unspecified atom stereocenters. The van der Waals surface area contributed by atoms with Crippen molar-refractivity contribution in [2.45, 2.75) is 332 Å². The predicted octanol–water partition coefficient (Wildman–Crippen LogP) is 12.5. The highest BCUT2D eigenvalue weighted by atomic mass is 16.6. The molecule has 0 amide bonds. The highest BCUT2D eigenvalue weighted by Crippen LogP contribution is 2.32. The van der Waals surface area contributed by atoms with Crippen molar-refractivity contribution in [2.24, 2.45) is 0 Å². The monoisotopic (exact) mass is 1250 g/mol. The van der Waals surface area contributed by atoms with Gasteiger partial charge in [0.05, 0.1) is 36.6 Å². The summed E-state index contributed by atoms with van der Waals surface area (Å²) in [6.07, 6.45) is 22.4. The summed E-state index contributed by atoms with van der Waals surface area (Å²) >= 11 is 0. The number of epoxide rings is 1. The van der Waals surface area contributed by atoms with Crippen LogP contribution in [0.3, 0.4) is 0 Å². The number of carbonyl (C=O) groups excluding carboxylic acids is 7. The Bertz CT molecular complexity index is 1940. The Morgan fingerprint density at radius 3 is 1.05 bits per heavy atom. The van der Waals surface area contributed by atoms with Gasteiger partial charge in [-0.2, -0.15) is 0 Å². The average Bonchev–Trinajstić information content (AvgIpc) is 3.31. The Morgan fingerprint density at radius 2 is 0.659 bits per heavy atom. The third-order valence-corrected chi connectivity index (χ3v) is 15.9. The molecule has 0 radical (unpaired) electrons. The van der Waals surface area contributed by atoms with Crippen LogP contribution in [0.2, 0.25) is 0 Å². The van der Waals surface area contributed by atoms with Crippen LogP contribution < -0.4 is 0 Å². The highest BCUT2D eigenvalue weighted by molar-refractivity contribution is 5.82. The Morgan fingerprint density at radius 1 is 0.364 bits per heavy atom. The molecule has 0 aliphatic carbocycles. The fraction of sp³-hybridized carbons (Fsp3) is 0.783. The number of unbranched alkanes of at least 4 members (excludes halogenated alkanes) is 21. The zero-order valence-electron chi connectivity index (χ0n) is 54.2. The first-order chi connectivity index (χ1) is 42.4. The minimum atomic E-state index is -1.24. The number of aliphatic hydroxyl groups is 4. The third-order valence-electron chi connectivity index (χ3n) is 15.9. The fourth-order valence-corrected chi connectivity index (χ4v) is 10.5. The van der Waals surface area contributed by atoms with Gasteiger partial charge in [0.15, 0.2) is 6.10 Å². The molecule has 0 aromatic rings. The van der Waals surface area contributed by atoms with E-state index in [1.807, 2.05) is 13.8 Å². The van der Waals surface area contributed by atoms with Gasteiger partial charge in [-0.15, -0.1) is 0 Å². The van der Waals surface area contributed by atoms with Gasteiger partial charge >= 0.3 is 41.8 Å². The van der Waals surface area contributed by atoms with E-state index in [4.69, 9.17) is 37.9 Å². The number of ether oxygens (including phenoxy) is 8. The van der Waals surface area contributed by atoms with Crippen molar-refractivity contribution in [3.63, 3.8) is 0 Å². The minimum Gasteiger partial charge on any atom is -0.462 e.